The van der Waals surface area contributed by atoms with E-state index in [1.165, 1.54) is 6.07 Å². The molecule has 1 saturated heterocycles. The number of aliphatic hydroxyl groups is 1. The lowest BCUT2D eigenvalue weighted by Crippen LogP contribution is -2.50. The quantitative estimate of drug-likeness (QED) is 0.601. The van der Waals surface area contributed by atoms with E-state index in [1.807, 2.05) is 0 Å². The van der Waals surface area contributed by atoms with Gasteiger partial charge in [0.05, 0.1) is 10.7 Å². The lowest BCUT2D eigenvalue weighted by atomic mass is 10.2. The smallest absolute Gasteiger partial charge is 0.171 e. The molecule has 2 fully saturated rings. The van der Waals surface area contributed by atoms with Crippen LogP contribution in [0, 0.1) is 5.82 Å². The minimum atomic E-state index is -1.12. The molecule has 1 atom stereocenters. The van der Waals surface area contributed by atoms with Gasteiger partial charge in [-0.15, -0.1) is 0 Å². The van der Waals surface area contributed by atoms with Crippen LogP contribution in [0.25, 0.3) is 0 Å². The molecule has 1 aromatic heterocycles. The predicted molar refractivity (Wildman–Crippen MR) is 87.8 cm³/mol. The van der Waals surface area contributed by atoms with E-state index in [4.69, 9.17) is 16.3 Å². The Kier molecular flexibility index (Phi) is 4.07. The van der Waals surface area contributed by atoms with E-state index in [9.17, 15) is 9.50 Å². The maximum atomic E-state index is 14.1. The van der Waals surface area contributed by atoms with E-state index in [2.05, 4.69) is 20.8 Å². The van der Waals surface area contributed by atoms with Crippen molar-refractivity contribution in [3.8, 4) is 5.75 Å². The zero-order valence-electron chi connectivity index (χ0n) is 12.9. The van der Waals surface area contributed by atoms with Gasteiger partial charge in [-0.05, 0) is 25.0 Å². The van der Waals surface area contributed by atoms with Gasteiger partial charge in [0, 0.05) is 30.8 Å². The van der Waals surface area contributed by atoms with Crippen LogP contribution in [-0.2, 0) is 0 Å². The molecule has 0 spiro atoms. The van der Waals surface area contributed by atoms with Gasteiger partial charge >= 0.3 is 0 Å². The van der Waals surface area contributed by atoms with Gasteiger partial charge in [0.1, 0.15) is 11.8 Å². The van der Waals surface area contributed by atoms with E-state index in [-0.39, 0.29) is 11.9 Å². The predicted octanol–water partition coefficient (Wildman–Crippen LogP) is 2.53. The highest BCUT2D eigenvalue weighted by molar-refractivity contribution is 6.32. The fraction of sp³-hybridized carbons (Fsp3) is 0.438. The number of rotatable bonds is 6. The molecule has 4 rings (SSSR count). The lowest BCUT2D eigenvalue weighted by Gasteiger charge is -2.28. The Morgan fingerprint density at radius 1 is 1.38 bits per heavy atom. The molecule has 0 radical (unpaired) electrons. The summed E-state index contributed by atoms with van der Waals surface area (Å²) in [5, 5.41) is 23.5. The second kappa shape index (κ2) is 6.23. The molecule has 2 aliphatic rings. The molecule has 6 nitrogen and oxygen atoms in total. The van der Waals surface area contributed by atoms with E-state index < -0.39 is 12.0 Å². The van der Waals surface area contributed by atoms with Gasteiger partial charge in [0.25, 0.3) is 0 Å². The third-order valence-corrected chi connectivity index (χ3v) is 4.67. The summed E-state index contributed by atoms with van der Waals surface area (Å²) in [5.41, 5.74) is 1.60. The summed E-state index contributed by atoms with van der Waals surface area (Å²) in [6.45, 7) is 1.44. The Morgan fingerprint density at radius 2 is 2.17 bits per heavy atom. The molecule has 1 aliphatic carbocycles. The molecule has 1 unspecified atom stereocenters. The maximum Gasteiger partial charge on any atom is 0.171 e. The van der Waals surface area contributed by atoms with Crippen molar-refractivity contribution in [2.24, 2.45) is 0 Å². The van der Waals surface area contributed by atoms with Gasteiger partial charge in [-0.2, -0.15) is 5.10 Å². The third-order valence-electron chi connectivity index (χ3n) is 4.28. The topological polar surface area (TPSA) is 82.2 Å². The first-order valence-electron chi connectivity index (χ1n) is 7.97. The number of halogens is 2. The standard InChI is InChI=1S/C16H18ClFN4O2/c17-13-14(8-1-2-8)21-22-15(13)16(23)20-9-3-4-12(11(18)5-9)24-10-6-19-7-10/h3-5,8,10,16,19-20,23H,1-2,6-7H2,(H,21,22). The van der Waals surface area contributed by atoms with Crippen molar-refractivity contribution in [2.75, 3.05) is 18.4 Å². The molecule has 24 heavy (non-hydrogen) atoms. The van der Waals surface area contributed by atoms with Gasteiger partial charge < -0.3 is 20.5 Å². The molecule has 0 bridgehead atoms. The SMILES string of the molecule is OC(Nc1ccc(OC2CNC2)c(F)c1)c1n[nH]c(C2CC2)c1Cl. The average molecular weight is 353 g/mol. The Labute approximate surface area is 143 Å². The van der Waals surface area contributed by atoms with Crippen molar-refractivity contribution in [3.63, 3.8) is 0 Å². The van der Waals surface area contributed by atoms with Crippen molar-refractivity contribution >= 4 is 17.3 Å². The number of nitrogens with one attached hydrogen (secondary N) is 3. The largest absolute Gasteiger partial charge is 0.485 e. The van der Waals surface area contributed by atoms with Crippen LogP contribution < -0.4 is 15.4 Å². The van der Waals surface area contributed by atoms with Gasteiger partial charge in [-0.1, -0.05) is 11.6 Å². The molecule has 8 heteroatoms. The highest BCUT2D eigenvalue weighted by Gasteiger charge is 2.30. The monoisotopic (exact) mass is 352 g/mol. The highest BCUT2D eigenvalue weighted by Crippen LogP contribution is 2.43. The van der Waals surface area contributed by atoms with Crippen LogP contribution >= 0.6 is 11.6 Å². The average Bonchev–Trinajstić information content (AvgIpc) is 3.27. The number of aromatic nitrogens is 2. The fourth-order valence-electron chi connectivity index (χ4n) is 2.62. The van der Waals surface area contributed by atoms with Gasteiger partial charge in [0.15, 0.2) is 17.8 Å². The first-order chi connectivity index (χ1) is 11.6. The Balaban J connectivity index is 1.45. The van der Waals surface area contributed by atoms with E-state index in [1.54, 1.807) is 12.1 Å². The molecule has 4 N–H and O–H groups in total. The molecular formula is C16H18ClFN4O2. The summed E-state index contributed by atoms with van der Waals surface area (Å²) in [4.78, 5) is 0. The Hall–Kier alpha value is -1.83. The fourth-order valence-corrected chi connectivity index (χ4v) is 2.96. The van der Waals surface area contributed by atoms with E-state index >= 15 is 0 Å². The van der Waals surface area contributed by atoms with Crippen LogP contribution in [0.15, 0.2) is 18.2 Å². The van der Waals surface area contributed by atoms with Crippen LogP contribution in [0.3, 0.4) is 0 Å². The Bertz CT molecular complexity index is 746. The highest BCUT2D eigenvalue weighted by atomic mass is 35.5. The van der Waals surface area contributed by atoms with Crippen LogP contribution in [0.1, 0.15) is 36.4 Å². The molecular weight excluding hydrogens is 335 g/mol. The van der Waals surface area contributed by atoms with Gasteiger partial charge in [0.2, 0.25) is 0 Å². The number of aliphatic hydroxyl groups excluding tert-OH is 1. The second-order valence-electron chi connectivity index (χ2n) is 6.20. The summed E-state index contributed by atoms with van der Waals surface area (Å²) in [5.74, 6) is 0.127. The minimum absolute atomic E-state index is 0.00704. The number of nitrogens with zero attached hydrogens (tertiary/aromatic N) is 1. The number of ether oxygens (including phenoxy) is 1. The van der Waals surface area contributed by atoms with Crippen molar-refractivity contribution in [3.05, 3.63) is 40.4 Å². The summed E-state index contributed by atoms with van der Waals surface area (Å²) in [7, 11) is 0. The van der Waals surface area contributed by atoms with Crippen molar-refractivity contribution in [1.29, 1.82) is 0 Å². The molecule has 1 aliphatic heterocycles. The first kappa shape index (κ1) is 15.7. The zero-order valence-corrected chi connectivity index (χ0v) is 13.6. The molecule has 128 valence electrons. The number of hydrogen-bond donors (Lipinski definition) is 4. The normalized spacial score (nSPS) is 19.0. The second-order valence-corrected chi connectivity index (χ2v) is 6.58. The zero-order chi connectivity index (χ0) is 16.7. The van der Waals surface area contributed by atoms with E-state index in [0.717, 1.165) is 31.6 Å². The Morgan fingerprint density at radius 3 is 2.79 bits per heavy atom. The molecule has 2 heterocycles. The number of benzene rings is 1. The number of hydrogen-bond acceptors (Lipinski definition) is 5. The minimum Gasteiger partial charge on any atom is -0.485 e. The molecule has 1 saturated carbocycles. The molecule has 0 amide bonds. The van der Waals surface area contributed by atoms with Crippen LogP contribution in [0.5, 0.6) is 5.75 Å². The maximum absolute atomic E-state index is 14.1. The third kappa shape index (κ3) is 3.07. The van der Waals surface area contributed by atoms with E-state index in [0.29, 0.717) is 22.3 Å². The number of aromatic amines is 1. The van der Waals surface area contributed by atoms with Gasteiger partial charge in [-0.3, -0.25) is 5.10 Å². The molecule has 1 aromatic carbocycles. The first-order valence-corrected chi connectivity index (χ1v) is 8.35. The van der Waals surface area contributed by atoms with Gasteiger partial charge in [-0.25, -0.2) is 4.39 Å². The van der Waals surface area contributed by atoms with Crippen LogP contribution in [-0.4, -0.2) is 34.5 Å². The molecule has 2 aromatic rings. The number of anilines is 1. The summed E-state index contributed by atoms with van der Waals surface area (Å²) in [6, 6.07) is 4.48. The van der Waals surface area contributed by atoms with Crippen LogP contribution in [0.2, 0.25) is 5.02 Å². The summed E-state index contributed by atoms with van der Waals surface area (Å²) < 4.78 is 19.6. The van der Waals surface area contributed by atoms with Crippen molar-refractivity contribution < 1.29 is 14.2 Å². The van der Waals surface area contributed by atoms with Crippen molar-refractivity contribution in [1.82, 2.24) is 15.5 Å². The number of H-pyrrole nitrogens is 1. The summed E-state index contributed by atoms with van der Waals surface area (Å²) >= 11 is 6.26. The lowest BCUT2D eigenvalue weighted by molar-refractivity contribution is 0.136. The van der Waals surface area contributed by atoms with Crippen LogP contribution in [0.4, 0.5) is 10.1 Å². The van der Waals surface area contributed by atoms with Crippen molar-refractivity contribution in [2.45, 2.75) is 31.1 Å². The summed E-state index contributed by atoms with van der Waals surface area (Å²) in [6.07, 6.45) is 1.04.